The molecule has 0 unspecified atom stereocenters. The van der Waals surface area contributed by atoms with Crippen LogP contribution in [0.25, 0.3) is 0 Å². The number of thioether (sulfide) groups is 1. The fraction of sp³-hybridized carbons (Fsp3) is 0.0556. The number of anilines is 1. The molecule has 8 heteroatoms. The summed E-state index contributed by atoms with van der Waals surface area (Å²) >= 11 is 19.4. The molecular formula is C18H12Cl3N3OS. The number of nitrogens with zero attached hydrogens (tertiary/aromatic N) is 2. The first-order valence-corrected chi connectivity index (χ1v) is 9.59. The predicted octanol–water partition coefficient (Wildman–Crippen LogP) is 5.98. The van der Waals surface area contributed by atoms with Crippen molar-refractivity contribution in [1.82, 2.24) is 9.97 Å². The first-order chi connectivity index (χ1) is 12.5. The van der Waals surface area contributed by atoms with Crippen molar-refractivity contribution in [2.75, 3.05) is 5.32 Å². The topological polar surface area (TPSA) is 54.9 Å². The number of nitrogens with one attached hydrogen (secondary N) is 1. The molecule has 0 aliphatic heterocycles. The van der Waals surface area contributed by atoms with Gasteiger partial charge in [-0.3, -0.25) is 9.78 Å². The Morgan fingerprint density at radius 3 is 2.42 bits per heavy atom. The number of hydrogen-bond donors (Lipinski definition) is 1. The van der Waals surface area contributed by atoms with E-state index in [4.69, 9.17) is 34.8 Å². The lowest BCUT2D eigenvalue weighted by Crippen LogP contribution is -2.13. The highest BCUT2D eigenvalue weighted by Gasteiger charge is 2.15. The highest BCUT2D eigenvalue weighted by atomic mass is 35.5. The lowest BCUT2D eigenvalue weighted by molar-refractivity contribution is 0.102. The van der Waals surface area contributed by atoms with E-state index in [1.807, 2.05) is 12.1 Å². The predicted molar refractivity (Wildman–Crippen MR) is 107 cm³/mol. The lowest BCUT2D eigenvalue weighted by atomic mass is 10.2. The van der Waals surface area contributed by atoms with Crippen molar-refractivity contribution in [3.63, 3.8) is 0 Å². The molecule has 2 aromatic heterocycles. The molecule has 0 aliphatic rings. The zero-order valence-electron chi connectivity index (χ0n) is 13.2. The largest absolute Gasteiger partial charge is 0.322 e. The van der Waals surface area contributed by atoms with Gasteiger partial charge in [0.15, 0.2) is 0 Å². The Morgan fingerprint density at radius 2 is 1.73 bits per heavy atom. The van der Waals surface area contributed by atoms with Crippen molar-refractivity contribution in [1.29, 1.82) is 0 Å². The Kier molecular flexibility index (Phi) is 6.38. The van der Waals surface area contributed by atoms with Crippen LogP contribution < -0.4 is 5.32 Å². The third kappa shape index (κ3) is 4.68. The molecule has 1 N–H and O–H groups in total. The van der Waals surface area contributed by atoms with E-state index in [1.165, 1.54) is 11.8 Å². The van der Waals surface area contributed by atoms with E-state index in [0.717, 1.165) is 5.56 Å². The molecule has 0 saturated heterocycles. The molecule has 0 saturated carbocycles. The Hall–Kier alpha value is -1.79. The van der Waals surface area contributed by atoms with Crippen LogP contribution in [-0.2, 0) is 5.75 Å². The smallest absolute Gasteiger partial charge is 0.258 e. The maximum Gasteiger partial charge on any atom is 0.258 e. The molecule has 0 fully saturated rings. The number of hydrogen-bond acceptors (Lipinski definition) is 4. The van der Waals surface area contributed by atoms with Crippen LogP contribution in [0.1, 0.15) is 15.9 Å². The minimum Gasteiger partial charge on any atom is -0.322 e. The average molecular weight is 425 g/mol. The third-order valence-electron chi connectivity index (χ3n) is 3.38. The van der Waals surface area contributed by atoms with E-state index in [2.05, 4.69) is 15.3 Å². The zero-order chi connectivity index (χ0) is 18.5. The first kappa shape index (κ1) is 19.0. The normalized spacial score (nSPS) is 10.6. The van der Waals surface area contributed by atoms with Gasteiger partial charge < -0.3 is 5.32 Å². The van der Waals surface area contributed by atoms with Crippen molar-refractivity contribution in [2.45, 2.75) is 10.8 Å². The summed E-state index contributed by atoms with van der Waals surface area (Å²) in [6.07, 6.45) is 5.12. The van der Waals surface area contributed by atoms with Gasteiger partial charge in [-0.1, -0.05) is 34.8 Å². The SMILES string of the molecule is O=C(Nc1cc(Cl)c(Cl)c(Cl)c1)c1cccnc1SCc1ccncc1. The fourth-order valence-electron chi connectivity index (χ4n) is 2.14. The molecule has 1 amide bonds. The number of pyridine rings is 2. The van der Waals surface area contributed by atoms with Crippen molar-refractivity contribution in [3.8, 4) is 0 Å². The van der Waals surface area contributed by atoms with E-state index in [9.17, 15) is 4.79 Å². The van der Waals surface area contributed by atoms with Crippen LogP contribution in [-0.4, -0.2) is 15.9 Å². The maximum atomic E-state index is 12.7. The van der Waals surface area contributed by atoms with E-state index in [-0.39, 0.29) is 21.0 Å². The summed E-state index contributed by atoms with van der Waals surface area (Å²) in [7, 11) is 0. The van der Waals surface area contributed by atoms with Gasteiger partial charge >= 0.3 is 0 Å². The van der Waals surface area contributed by atoms with E-state index in [1.54, 1.807) is 42.9 Å². The number of benzene rings is 1. The minimum absolute atomic E-state index is 0.251. The second-order valence-corrected chi connectivity index (χ2v) is 7.36. The van der Waals surface area contributed by atoms with E-state index >= 15 is 0 Å². The molecule has 0 aliphatic carbocycles. The van der Waals surface area contributed by atoms with Crippen LogP contribution >= 0.6 is 46.6 Å². The van der Waals surface area contributed by atoms with E-state index in [0.29, 0.717) is 22.0 Å². The maximum absolute atomic E-state index is 12.7. The Balaban J connectivity index is 1.77. The van der Waals surface area contributed by atoms with Crippen molar-refractivity contribution in [3.05, 3.63) is 81.2 Å². The molecule has 0 radical (unpaired) electrons. The van der Waals surface area contributed by atoms with Crippen LogP contribution in [0.3, 0.4) is 0 Å². The van der Waals surface area contributed by atoms with Crippen LogP contribution in [0, 0.1) is 0 Å². The molecule has 26 heavy (non-hydrogen) atoms. The lowest BCUT2D eigenvalue weighted by Gasteiger charge is -2.10. The third-order valence-corrected chi connectivity index (χ3v) is 5.66. The fourth-order valence-corrected chi connectivity index (χ4v) is 3.68. The minimum atomic E-state index is -0.301. The second kappa shape index (κ2) is 8.73. The van der Waals surface area contributed by atoms with Gasteiger partial charge in [-0.05, 0) is 42.0 Å². The Bertz CT molecular complexity index is 915. The summed E-state index contributed by atoms with van der Waals surface area (Å²) in [5.41, 5.74) is 2.02. The molecule has 3 rings (SSSR count). The standard InChI is InChI=1S/C18H12Cl3N3OS/c19-14-8-12(9-15(20)16(14)21)24-17(25)13-2-1-5-23-18(13)26-10-11-3-6-22-7-4-11/h1-9H,10H2,(H,24,25). The molecule has 0 spiro atoms. The van der Waals surface area contributed by atoms with Crippen molar-refractivity contribution >= 4 is 58.2 Å². The molecule has 132 valence electrons. The number of aromatic nitrogens is 2. The highest BCUT2D eigenvalue weighted by Crippen LogP contribution is 2.33. The number of halogens is 3. The zero-order valence-corrected chi connectivity index (χ0v) is 16.3. The van der Waals surface area contributed by atoms with Gasteiger partial charge in [0, 0.05) is 30.0 Å². The number of carbonyl (C=O) groups is 1. The Morgan fingerprint density at radius 1 is 1.04 bits per heavy atom. The highest BCUT2D eigenvalue weighted by molar-refractivity contribution is 7.98. The molecule has 0 atom stereocenters. The number of amides is 1. The number of rotatable bonds is 5. The monoisotopic (exact) mass is 423 g/mol. The van der Waals surface area contributed by atoms with Crippen molar-refractivity contribution < 1.29 is 4.79 Å². The van der Waals surface area contributed by atoms with Gasteiger partial charge in [-0.15, -0.1) is 11.8 Å². The molecule has 2 heterocycles. The van der Waals surface area contributed by atoms with E-state index < -0.39 is 0 Å². The summed E-state index contributed by atoms with van der Waals surface area (Å²) in [5, 5.41) is 4.20. The molecule has 4 nitrogen and oxygen atoms in total. The van der Waals surface area contributed by atoms with Gasteiger partial charge in [0.1, 0.15) is 5.03 Å². The summed E-state index contributed by atoms with van der Waals surface area (Å²) in [6.45, 7) is 0. The summed E-state index contributed by atoms with van der Waals surface area (Å²) in [6, 6.07) is 10.4. The van der Waals surface area contributed by atoms with Crippen LogP contribution in [0.2, 0.25) is 15.1 Å². The molecular weight excluding hydrogens is 413 g/mol. The van der Waals surface area contributed by atoms with Gasteiger partial charge in [0.05, 0.1) is 20.6 Å². The summed E-state index contributed by atoms with van der Waals surface area (Å²) in [5.74, 6) is 0.378. The van der Waals surface area contributed by atoms with Gasteiger partial charge in [0.2, 0.25) is 0 Å². The van der Waals surface area contributed by atoms with Gasteiger partial charge in [-0.2, -0.15) is 0 Å². The first-order valence-electron chi connectivity index (χ1n) is 7.47. The summed E-state index contributed by atoms with van der Waals surface area (Å²) in [4.78, 5) is 21.0. The second-order valence-electron chi connectivity index (χ2n) is 5.21. The molecule has 1 aromatic carbocycles. The van der Waals surface area contributed by atoms with Gasteiger partial charge in [-0.25, -0.2) is 4.98 Å². The van der Waals surface area contributed by atoms with Crippen LogP contribution in [0.5, 0.6) is 0 Å². The van der Waals surface area contributed by atoms with Gasteiger partial charge in [0.25, 0.3) is 5.91 Å². The average Bonchev–Trinajstić information content (AvgIpc) is 2.65. The molecule has 3 aromatic rings. The van der Waals surface area contributed by atoms with Crippen LogP contribution in [0.15, 0.2) is 60.0 Å². The van der Waals surface area contributed by atoms with Crippen LogP contribution in [0.4, 0.5) is 5.69 Å². The van der Waals surface area contributed by atoms with Crippen molar-refractivity contribution in [2.24, 2.45) is 0 Å². The quantitative estimate of drug-likeness (QED) is 0.404. The molecule has 0 bridgehead atoms. The number of carbonyl (C=O) groups excluding carboxylic acids is 1. The summed E-state index contributed by atoms with van der Waals surface area (Å²) < 4.78 is 0. The Labute approximate surface area is 169 Å².